The van der Waals surface area contributed by atoms with E-state index in [1.54, 1.807) is 6.20 Å². The van der Waals surface area contributed by atoms with Gasteiger partial charge in [0.05, 0.1) is 0 Å². The van der Waals surface area contributed by atoms with Crippen molar-refractivity contribution in [3.8, 4) is 0 Å². The number of anilines is 3. The van der Waals surface area contributed by atoms with E-state index in [-0.39, 0.29) is 0 Å². The Kier molecular flexibility index (Phi) is 5.38. The summed E-state index contributed by atoms with van der Waals surface area (Å²) in [7, 11) is 2.03. The molecule has 0 aliphatic heterocycles. The molecule has 0 radical (unpaired) electrons. The minimum Gasteiger partial charge on any atom is -0.359 e. The molecule has 1 aromatic carbocycles. The van der Waals surface area contributed by atoms with Crippen molar-refractivity contribution in [2.45, 2.75) is 6.42 Å². The van der Waals surface area contributed by atoms with Crippen LogP contribution in [0.5, 0.6) is 0 Å². The zero-order valence-electron chi connectivity index (χ0n) is 13.4. The van der Waals surface area contributed by atoms with E-state index < -0.39 is 0 Å². The van der Waals surface area contributed by atoms with Gasteiger partial charge in [0.15, 0.2) is 0 Å². The molecule has 24 heavy (non-hydrogen) atoms. The summed E-state index contributed by atoms with van der Waals surface area (Å²) in [5.74, 6) is 1.47. The molecule has 3 aromatic rings. The number of rotatable bonds is 6. The van der Waals surface area contributed by atoms with Crippen LogP contribution in [0.15, 0.2) is 65.5 Å². The molecule has 6 heteroatoms. The topological polar surface area (TPSA) is 53.9 Å². The predicted octanol–water partition coefficient (Wildman–Crippen LogP) is 4.06. The summed E-state index contributed by atoms with van der Waals surface area (Å²) in [6.07, 6.45) is 6.35. The maximum Gasteiger partial charge on any atom is 0.229 e. The SMILES string of the molecule is CN(CCc1ccncc1)c1ccnc(Nc2cccc(Br)c2)n1. The number of hydrogen-bond acceptors (Lipinski definition) is 5. The van der Waals surface area contributed by atoms with Crippen molar-refractivity contribution in [2.75, 3.05) is 23.8 Å². The third-order valence-corrected chi connectivity index (χ3v) is 4.09. The van der Waals surface area contributed by atoms with E-state index >= 15 is 0 Å². The van der Waals surface area contributed by atoms with Gasteiger partial charge < -0.3 is 10.2 Å². The number of nitrogens with one attached hydrogen (secondary N) is 1. The maximum absolute atomic E-state index is 4.59. The fourth-order valence-electron chi connectivity index (χ4n) is 2.28. The summed E-state index contributed by atoms with van der Waals surface area (Å²) in [4.78, 5) is 15.0. The van der Waals surface area contributed by atoms with Gasteiger partial charge in [-0.1, -0.05) is 22.0 Å². The molecule has 0 atom stereocenters. The minimum absolute atomic E-state index is 0.585. The summed E-state index contributed by atoms with van der Waals surface area (Å²) >= 11 is 3.46. The van der Waals surface area contributed by atoms with E-state index in [1.807, 2.05) is 61.9 Å². The molecule has 0 saturated heterocycles. The highest BCUT2D eigenvalue weighted by Crippen LogP contribution is 2.19. The van der Waals surface area contributed by atoms with Crippen molar-refractivity contribution in [3.05, 3.63) is 71.1 Å². The number of nitrogens with zero attached hydrogens (tertiary/aromatic N) is 4. The van der Waals surface area contributed by atoms with Crippen LogP contribution in [-0.2, 0) is 6.42 Å². The maximum atomic E-state index is 4.59. The Balaban J connectivity index is 1.66. The van der Waals surface area contributed by atoms with Crippen LogP contribution in [0.2, 0.25) is 0 Å². The zero-order valence-corrected chi connectivity index (χ0v) is 14.9. The highest BCUT2D eigenvalue weighted by Gasteiger charge is 2.06. The van der Waals surface area contributed by atoms with Gasteiger partial charge in [-0.25, -0.2) is 4.98 Å². The molecule has 2 aromatic heterocycles. The molecule has 0 unspecified atom stereocenters. The van der Waals surface area contributed by atoms with Crippen LogP contribution in [-0.4, -0.2) is 28.5 Å². The third kappa shape index (κ3) is 4.52. The lowest BCUT2D eigenvalue weighted by Crippen LogP contribution is -2.21. The lowest BCUT2D eigenvalue weighted by atomic mass is 10.2. The molecule has 3 rings (SSSR count). The van der Waals surface area contributed by atoms with Crippen molar-refractivity contribution in [2.24, 2.45) is 0 Å². The third-order valence-electron chi connectivity index (χ3n) is 3.60. The molecule has 0 saturated carbocycles. The lowest BCUT2D eigenvalue weighted by Gasteiger charge is -2.18. The molecule has 5 nitrogen and oxygen atoms in total. The first kappa shape index (κ1) is 16.4. The van der Waals surface area contributed by atoms with E-state index in [0.717, 1.165) is 28.9 Å². The largest absolute Gasteiger partial charge is 0.359 e. The summed E-state index contributed by atoms with van der Waals surface area (Å²) in [6.45, 7) is 0.872. The van der Waals surface area contributed by atoms with E-state index in [1.165, 1.54) is 5.56 Å². The first-order chi connectivity index (χ1) is 11.7. The van der Waals surface area contributed by atoms with E-state index in [9.17, 15) is 0 Å². The van der Waals surface area contributed by atoms with Gasteiger partial charge in [-0.3, -0.25) is 4.98 Å². The second-order valence-corrected chi connectivity index (χ2v) is 6.32. The van der Waals surface area contributed by atoms with Crippen LogP contribution in [0.4, 0.5) is 17.5 Å². The zero-order chi connectivity index (χ0) is 16.8. The Bertz CT molecular complexity index is 794. The van der Waals surface area contributed by atoms with Gasteiger partial charge in [0.2, 0.25) is 5.95 Å². The molecule has 0 amide bonds. The standard InChI is InChI=1S/C18H18BrN5/c1-24(12-8-14-5-9-20-10-6-14)17-7-11-21-18(23-17)22-16-4-2-3-15(19)13-16/h2-7,9-11,13H,8,12H2,1H3,(H,21,22,23). The fraction of sp³-hybridized carbons (Fsp3) is 0.167. The number of hydrogen-bond donors (Lipinski definition) is 1. The Labute approximate surface area is 149 Å². The average Bonchev–Trinajstić information content (AvgIpc) is 2.61. The van der Waals surface area contributed by atoms with E-state index in [0.29, 0.717) is 5.95 Å². The van der Waals surface area contributed by atoms with Crippen molar-refractivity contribution in [1.82, 2.24) is 15.0 Å². The Hall–Kier alpha value is -2.47. The van der Waals surface area contributed by atoms with Crippen molar-refractivity contribution in [1.29, 1.82) is 0 Å². The predicted molar refractivity (Wildman–Crippen MR) is 101 cm³/mol. The van der Waals surface area contributed by atoms with Crippen molar-refractivity contribution >= 4 is 33.4 Å². The van der Waals surface area contributed by atoms with Gasteiger partial charge >= 0.3 is 0 Å². The second kappa shape index (κ2) is 7.88. The summed E-state index contributed by atoms with van der Waals surface area (Å²) in [5.41, 5.74) is 2.21. The molecule has 2 heterocycles. The Morgan fingerprint density at radius 2 is 1.92 bits per heavy atom. The van der Waals surface area contributed by atoms with E-state index in [2.05, 4.69) is 41.1 Å². The molecule has 122 valence electrons. The summed E-state index contributed by atoms with van der Waals surface area (Å²) < 4.78 is 1.01. The Morgan fingerprint density at radius 1 is 1.08 bits per heavy atom. The van der Waals surface area contributed by atoms with Crippen LogP contribution >= 0.6 is 15.9 Å². The van der Waals surface area contributed by atoms with Crippen LogP contribution in [0.1, 0.15) is 5.56 Å². The minimum atomic E-state index is 0.585. The highest BCUT2D eigenvalue weighted by atomic mass is 79.9. The van der Waals surface area contributed by atoms with Gasteiger partial charge in [-0.2, -0.15) is 4.98 Å². The number of pyridine rings is 1. The quantitative estimate of drug-likeness (QED) is 0.695. The first-order valence-electron chi connectivity index (χ1n) is 7.66. The fourth-order valence-corrected chi connectivity index (χ4v) is 2.68. The van der Waals surface area contributed by atoms with Crippen LogP contribution in [0.25, 0.3) is 0 Å². The number of halogens is 1. The molecule has 0 bridgehead atoms. The van der Waals surface area contributed by atoms with E-state index in [4.69, 9.17) is 0 Å². The Morgan fingerprint density at radius 3 is 2.71 bits per heavy atom. The molecule has 0 spiro atoms. The number of aromatic nitrogens is 3. The molecular formula is C18H18BrN5. The first-order valence-corrected chi connectivity index (χ1v) is 8.46. The molecule has 1 N–H and O–H groups in total. The summed E-state index contributed by atoms with van der Waals surface area (Å²) in [6, 6.07) is 13.9. The normalized spacial score (nSPS) is 10.4. The van der Waals surface area contributed by atoms with Gasteiger partial charge in [0, 0.05) is 42.3 Å². The van der Waals surface area contributed by atoms with Crippen molar-refractivity contribution in [3.63, 3.8) is 0 Å². The number of likely N-dealkylation sites (N-methyl/N-ethyl adjacent to an activating group) is 1. The molecule has 0 aliphatic rings. The monoisotopic (exact) mass is 383 g/mol. The molecule has 0 fully saturated rings. The second-order valence-electron chi connectivity index (χ2n) is 5.40. The van der Waals surface area contributed by atoms with Gasteiger partial charge in [0.1, 0.15) is 5.82 Å². The lowest BCUT2D eigenvalue weighted by molar-refractivity contribution is 0.855. The highest BCUT2D eigenvalue weighted by molar-refractivity contribution is 9.10. The van der Waals surface area contributed by atoms with Gasteiger partial charge in [-0.05, 0) is 48.4 Å². The smallest absolute Gasteiger partial charge is 0.229 e. The van der Waals surface area contributed by atoms with Gasteiger partial charge in [0.25, 0.3) is 0 Å². The summed E-state index contributed by atoms with van der Waals surface area (Å²) in [5, 5.41) is 3.23. The molecule has 0 aliphatic carbocycles. The van der Waals surface area contributed by atoms with Crippen LogP contribution < -0.4 is 10.2 Å². The molecular weight excluding hydrogens is 366 g/mol. The van der Waals surface area contributed by atoms with Crippen molar-refractivity contribution < 1.29 is 0 Å². The van der Waals surface area contributed by atoms with Crippen LogP contribution in [0.3, 0.4) is 0 Å². The number of benzene rings is 1. The average molecular weight is 384 g/mol. The van der Waals surface area contributed by atoms with Crippen LogP contribution in [0, 0.1) is 0 Å². The van der Waals surface area contributed by atoms with Gasteiger partial charge in [-0.15, -0.1) is 0 Å².